The van der Waals surface area contributed by atoms with Crippen molar-refractivity contribution in [1.82, 2.24) is 19.0 Å². The van der Waals surface area contributed by atoms with E-state index in [2.05, 4.69) is 20.6 Å². The minimum atomic E-state index is 0.214. The lowest BCUT2D eigenvalue weighted by Gasteiger charge is -2.09. The average Bonchev–Trinajstić information content (AvgIpc) is 3.18. The molecule has 0 unspecified atom stereocenters. The molecule has 0 saturated heterocycles. The number of fused-ring (bicyclic) bond motifs is 3. The summed E-state index contributed by atoms with van der Waals surface area (Å²) < 4.78 is 12.0. The first kappa shape index (κ1) is 16.1. The Bertz CT molecular complexity index is 1160. The van der Waals surface area contributed by atoms with E-state index in [9.17, 15) is 5.26 Å². The Morgan fingerprint density at radius 2 is 2.16 bits per heavy atom. The first-order valence-corrected chi connectivity index (χ1v) is 9.14. The molecule has 0 N–H and O–H groups in total. The molecule has 0 spiro atoms. The molecule has 3 heterocycles. The number of pyridine rings is 1. The summed E-state index contributed by atoms with van der Waals surface area (Å²) in [6.07, 6.45) is 0. The zero-order chi connectivity index (χ0) is 17.6. The highest BCUT2D eigenvalue weighted by atomic mass is 35.5. The van der Waals surface area contributed by atoms with Crippen molar-refractivity contribution in [1.29, 1.82) is 5.26 Å². The molecule has 0 saturated carbocycles. The van der Waals surface area contributed by atoms with Gasteiger partial charge >= 0.3 is 0 Å². The molecule has 3 aromatic heterocycles. The van der Waals surface area contributed by atoms with E-state index in [-0.39, 0.29) is 5.15 Å². The lowest BCUT2D eigenvalue weighted by atomic mass is 10.1. The van der Waals surface area contributed by atoms with Gasteiger partial charge < -0.3 is 4.74 Å². The van der Waals surface area contributed by atoms with Gasteiger partial charge in [-0.05, 0) is 54.0 Å². The molecule has 4 aromatic rings. The Kier molecular flexibility index (Phi) is 4.00. The zero-order valence-corrected chi connectivity index (χ0v) is 15.5. The van der Waals surface area contributed by atoms with Crippen molar-refractivity contribution in [2.45, 2.75) is 16.3 Å². The molecule has 0 bridgehead atoms. The maximum atomic E-state index is 9.27. The van der Waals surface area contributed by atoms with Crippen LogP contribution in [0.2, 0.25) is 5.15 Å². The summed E-state index contributed by atoms with van der Waals surface area (Å²) in [5.74, 6) is 0.752. The van der Waals surface area contributed by atoms with Crippen LogP contribution in [0.25, 0.3) is 16.6 Å². The number of benzene rings is 1. The van der Waals surface area contributed by atoms with Gasteiger partial charge in [0.2, 0.25) is 5.16 Å². The van der Waals surface area contributed by atoms with Gasteiger partial charge in [0, 0.05) is 11.5 Å². The Morgan fingerprint density at radius 1 is 1.32 bits per heavy atom. The first-order valence-electron chi connectivity index (χ1n) is 7.18. The second-order valence-corrected chi connectivity index (χ2v) is 7.60. The highest BCUT2D eigenvalue weighted by Crippen LogP contribution is 2.37. The number of aryl methyl sites for hydroxylation is 1. The van der Waals surface area contributed by atoms with Crippen molar-refractivity contribution in [3.63, 3.8) is 0 Å². The topological polar surface area (TPSA) is 76.1 Å². The average molecular weight is 388 g/mol. The number of methoxy groups -OCH3 is 1. The van der Waals surface area contributed by atoms with Crippen LogP contribution >= 0.6 is 34.9 Å². The summed E-state index contributed by atoms with van der Waals surface area (Å²) in [6, 6.07) is 9.96. The maximum absolute atomic E-state index is 9.27. The predicted octanol–water partition coefficient (Wildman–Crippen LogP) is 4.33. The summed E-state index contributed by atoms with van der Waals surface area (Å²) >= 11 is 8.47. The molecule has 0 atom stereocenters. The van der Waals surface area contributed by atoms with Gasteiger partial charge in [-0.2, -0.15) is 9.64 Å². The van der Waals surface area contributed by atoms with E-state index in [0.717, 1.165) is 27.9 Å². The molecular weight excluding hydrogens is 378 g/mol. The molecule has 9 heteroatoms. The second-order valence-electron chi connectivity index (χ2n) is 5.24. The van der Waals surface area contributed by atoms with Crippen molar-refractivity contribution in [2.75, 3.05) is 7.11 Å². The lowest BCUT2D eigenvalue weighted by Crippen LogP contribution is -1.94. The van der Waals surface area contributed by atoms with Crippen molar-refractivity contribution >= 4 is 51.4 Å². The molecule has 0 aliphatic carbocycles. The van der Waals surface area contributed by atoms with E-state index < -0.39 is 0 Å². The van der Waals surface area contributed by atoms with E-state index in [1.807, 2.05) is 35.6 Å². The molecule has 124 valence electrons. The van der Waals surface area contributed by atoms with E-state index in [4.69, 9.17) is 16.3 Å². The fourth-order valence-corrected chi connectivity index (χ4v) is 4.70. The maximum Gasteiger partial charge on any atom is 0.201 e. The summed E-state index contributed by atoms with van der Waals surface area (Å²) in [6.45, 7) is 2.03. The van der Waals surface area contributed by atoms with Crippen LogP contribution in [-0.2, 0) is 0 Å². The molecule has 0 amide bonds. The number of hydrogen-bond donors (Lipinski definition) is 0. The van der Waals surface area contributed by atoms with Gasteiger partial charge in [-0.25, -0.2) is 0 Å². The van der Waals surface area contributed by atoms with Crippen molar-refractivity contribution in [3.05, 3.63) is 40.5 Å². The van der Waals surface area contributed by atoms with Crippen LogP contribution in [-0.4, -0.2) is 26.1 Å². The van der Waals surface area contributed by atoms with Crippen LogP contribution in [0.4, 0.5) is 0 Å². The SMILES string of the molecule is COc1ccc2c(C)cc3nnc(Sc4snc(Cl)c4C#N)n3c2c1. The molecule has 6 nitrogen and oxygen atoms in total. The van der Waals surface area contributed by atoms with Crippen LogP contribution in [0.3, 0.4) is 0 Å². The monoisotopic (exact) mass is 387 g/mol. The minimum absolute atomic E-state index is 0.214. The lowest BCUT2D eigenvalue weighted by molar-refractivity contribution is 0.415. The smallest absolute Gasteiger partial charge is 0.201 e. The first-order chi connectivity index (χ1) is 12.1. The van der Waals surface area contributed by atoms with Crippen LogP contribution < -0.4 is 4.74 Å². The van der Waals surface area contributed by atoms with E-state index in [1.165, 1.54) is 23.3 Å². The second kappa shape index (κ2) is 6.19. The summed E-state index contributed by atoms with van der Waals surface area (Å²) in [4.78, 5) is 0. The van der Waals surface area contributed by atoms with Gasteiger partial charge in [0.05, 0.1) is 12.6 Å². The minimum Gasteiger partial charge on any atom is -0.497 e. The number of ether oxygens (including phenoxy) is 1. The van der Waals surface area contributed by atoms with Crippen LogP contribution in [0.15, 0.2) is 33.6 Å². The van der Waals surface area contributed by atoms with E-state index in [0.29, 0.717) is 14.9 Å². The van der Waals surface area contributed by atoms with Crippen LogP contribution in [0, 0.1) is 18.3 Å². The number of hydrogen-bond acceptors (Lipinski definition) is 7. The Morgan fingerprint density at radius 3 is 2.92 bits per heavy atom. The molecule has 4 rings (SSSR count). The molecule has 0 aliphatic rings. The van der Waals surface area contributed by atoms with Gasteiger partial charge in [-0.1, -0.05) is 11.6 Å². The molecule has 0 radical (unpaired) electrons. The highest BCUT2D eigenvalue weighted by molar-refractivity contribution is 8.01. The quantitative estimate of drug-likeness (QED) is 0.520. The summed E-state index contributed by atoms with van der Waals surface area (Å²) in [5.41, 5.74) is 3.14. The third kappa shape index (κ3) is 2.61. The number of rotatable bonds is 3. The van der Waals surface area contributed by atoms with Gasteiger partial charge in [-0.3, -0.25) is 4.40 Å². The molecular formula is C16H10ClN5OS2. The zero-order valence-electron chi connectivity index (χ0n) is 13.1. The van der Waals surface area contributed by atoms with E-state index in [1.54, 1.807) is 7.11 Å². The van der Waals surface area contributed by atoms with E-state index >= 15 is 0 Å². The van der Waals surface area contributed by atoms with Crippen molar-refractivity contribution in [3.8, 4) is 11.8 Å². The Hall–Kier alpha value is -2.34. The third-order valence-corrected chi connectivity index (χ3v) is 6.12. The standard InChI is InChI=1S/C16H10ClN5OS2/c1-8-5-13-19-20-16(24-15-11(7-18)14(17)21-25-15)22(13)12-6-9(23-2)3-4-10(8)12/h3-6H,1-2H3. The molecule has 0 aliphatic heterocycles. The van der Waals surface area contributed by atoms with Crippen molar-refractivity contribution in [2.24, 2.45) is 0 Å². The largest absolute Gasteiger partial charge is 0.497 e. The normalized spacial score (nSPS) is 11.1. The van der Waals surface area contributed by atoms with Gasteiger partial charge in [-0.15, -0.1) is 10.2 Å². The number of nitrogens with zero attached hydrogens (tertiary/aromatic N) is 5. The third-order valence-electron chi connectivity index (χ3n) is 3.79. The van der Waals surface area contributed by atoms with Crippen molar-refractivity contribution < 1.29 is 4.74 Å². The number of aromatic nitrogens is 4. The summed E-state index contributed by atoms with van der Waals surface area (Å²) in [7, 11) is 1.63. The predicted molar refractivity (Wildman–Crippen MR) is 97.7 cm³/mol. The van der Waals surface area contributed by atoms with Gasteiger partial charge in [0.25, 0.3) is 0 Å². The van der Waals surface area contributed by atoms with Crippen LogP contribution in [0.1, 0.15) is 11.1 Å². The van der Waals surface area contributed by atoms with Gasteiger partial charge in [0.1, 0.15) is 21.6 Å². The van der Waals surface area contributed by atoms with Gasteiger partial charge in [0.15, 0.2) is 10.8 Å². The molecule has 25 heavy (non-hydrogen) atoms. The Labute approximate surface area is 156 Å². The summed E-state index contributed by atoms with van der Waals surface area (Å²) in [5, 5.41) is 19.8. The molecule has 1 aromatic carbocycles. The Balaban J connectivity index is 1.96. The molecule has 0 fully saturated rings. The van der Waals surface area contributed by atoms with Crippen LogP contribution in [0.5, 0.6) is 5.75 Å². The highest BCUT2D eigenvalue weighted by Gasteiger charge is 2.18. The number of halogens is 1. The number of nitriles is 1. The fraction of sp³-hybridized carbons (Fsp3) is 0.125. The fourth-order valence-electron chi connectivity index (χ4n) is 2.60.